The number of aryl methyl sites for hydroxylation is 3. The van der Waals surface area contributed by atoms with Crippen molar-refractivity contribution < 1.29 is 9.32 Å². The van der Waals surface area contributed by atoms with Crippen LogP contribution in [0.25, 0.3) is 11.4 Å². The minimum atomic E-state index is -0.106. The van der Waals surface area contributed by atoms with Crippen molar-refractivity contribution in [3.63, 3.8) is 0 Å². The highest BCUT2D eigenvalue weighted by molar-refractivity contribution is 5.92. The molecule has 1 aliphatic rings. The van der Waals surface area contributed by atoms with E-state index in [9.17, 15) is 4.79 Å². The summed E-state index contributed by atoms with van der Waals surface area (Å²) in [6.07, 6.45) is 3.42. The van der Waals surface area contributed by atoms with Gasteiger partial charge in [0, 0.05) is 25.7 Å². The number of hydrogen-bond donors (Lipinski definition) is 1. The van der Waals surface area contributed by atoms with Gasteiger partial charge in [0.2, 0.25) is 11.7 Å². The summed E-state index contributed by atoms with van der Waals surface area (Å²) in [5, 5.41) is 11.1. The fraction of sp³-hybridized carbons (Fsp3) is 0.294. The Hall–Kier alpha value is -2.96. The van der Waals surface area contributed by atoms with Crippen LogP contribution in [0.5, 0.6) is 0 Å². The number of hydrogen-bond acceptors (Lipinski definition) is 5. The minimum absolute atomic E-state index is 0.0171. The van der Waals surface area contributed by atoms with Crippen LogP contribution in [0.3, 0.4) is 0 Å². The number of carbonyl (C=O) groups excluding carboxylic acids is 1. The number of carbonyl (C=O) groups is 1. The Morgan fingerprint density at radius 2 is 2.25 bits per heavy atom. The van der Waals surface area contributed by atoms with Gasteiger partial charge in [-0.1, -0.05) is 17.3 Å². The van der Waals surface area contributed by atoms with Crippen LogP contribution >= 0.6 is 0 Å². The molecule has 0 bridgehead atoms. The lowest BCUT2D eigenvalue weighted by atomic mass is 10.0. The van der Waals surface area contributed by atoms with Crippen molar-refractivity contribution in [1.82, 2.24) is 25.2 Å². The van der Waals surface area contributed by atoms with E-state index in [0.29, 0.717) is 17.4 Å². The first kappa shape index (κ1) is 14.6. The van der Waals surface area contributed by atoms with Gasteiger partial charge in [0.1, 0.15) is 5.69 Å². The normalized spacial score (nSPS) is 16.2. The highest BCUT2D eigenvalue weighted by Gasteiger charge is 2.25. The number of aromatic nitrogens is 4. The third-order valence-corrected chi connectivity index (χ3v) is 4.37. The Morgan fingerprint density at radius 1 is 1.38 bits per heavy atom. The number of amides is 1. The van der Waals surface area contributed by atoms with E-state index >= 15 is 0 Å². The predicted molar refractivity (Wildman–Crippen MR) is 86.2 cm³/mol. The van der Waals surface area contributed by atoms with E-state index in [1.165, 1.54) is 5.56 Å². The summed E-state index contributed by atoms with van der Waals surface area (Å²) >= 11 is 0. The molecule has 0 saturated carbocycles. The molecule has 3 aromatic rings. The van der Waals surface area contributed by atoms with Crippen LogP contribution in [0.15, 0.2) is 35.0 Å². The summed E-state index contributed by atoms with van der Waals surface area (Å²) in [4.78, 5) is 16.6. The first-order valence-corrected chi connectivity index (χ1v) is 7.84. The van der Waals surface area contributed by atoms with Crippen molar-refractivity contribution in [3.8, 4) is 11.4 Å². The van der Waals surface area contributed by atoms with E-state index in [-0.39, 0.29) is 11.9 Å². The number of nitrogens with zero attached hydrogens (tertiary/aromatic N) is 4. The second-order valence-corrected chi connectivity index (χ2v) is 5.96. The van der Waals surface area contributed by atoms with Crippen molar-refractivity contribution in [2.24, 2.45) is 7.05 Å². The van der Waals surface area contributed by atoms with Crippen molar-refractivity contribution in [1.29, 1.82) is 0 Å². The zero-order valence-electron chi connectivity index (χ0n) is 13.5. The van der Waals surface area contributed by atoms with E-state index in [1.807, 2.05) is 12.1 Å². The molecule has 0 radical (unpaired) electrons. The van der Waals surface area contributed by atoms with Crippen LogP contribution in [0.1, 0.15) is 40.0 Å². The lowest BCUT2D eigenvalue weighted by molar-refractivity contribution is 0.0927. The molecule has 0 unspecified atom stereocenters. The lowest BCUT2D eigenvalue weighted by Gasteiger charge is -2.14. The van der Waals surface area contributed by atoms with Crippen molar-refractivity contribution in [2.75, 3.05) is 0 Å². The smallest absolute Gasteiger partial charge is 0.270 e. The molecule has 1 atom stereocenters. The molecule has 0 aliphatic heterocycles. The van der Waals surface area contributed by atoms with Crippen LogP contribution in [-0.4, -0.2) is 25.8 Å². The molecule has 122 valence electrons. The maximum atomic E-state index is 12.4. The third kappa shape index (κ3) is 2.47. The van der Waals surface area contributed by atoms with Gasteiger partial charge in [-0.25, -0.2) is 0 Å². The van der Waals surface area contributed by atoms with Gasteiger partial charge in [-0.15, -0.1) is 0 Å². The molecule has 1 N–H and O–H groups in total. The maximum absolute atomic E-state index is 12.4. The Balaban J connectivity index is 1.56. The van der Waals surface area contributed by atoms with Crippen LogP contribution in [-0.2, 0) is 13.5 Å². The van der Waals surface area contributed by atoms with Gasteiger partial charge in [-0.2, -0.15) is 10.1 Å². The first-order chi connectivity index (χ1) is 11.6. The molecule has 1 amide bonds. The quantitative estimate of drug-likeness (QED) is 0.798. The summed E-state index contributed by atoms with van der Waals surface area (Å²) in [6.45, 7) is 1.77. The SMILES string of the molecule is Cc1nc(-c2ccc3c(c2)CC[C@H]3NC(=O)c2ccnn2C)no1. The molecule has 1 aliphatic carbocycles. The van der Waals surface area contributed by atoms with Crippen LogP contribution in [0, 0.1) is 6.92 Å². The lowest BCUT2D eigenvalue weighted by Crippen LogP contribution is -2.28. The zero-order chi connectivity index (χ0) is 16.7. The number of fused-ring (bicyclic) bond motifs is 1. The number of rotatable bonds is 3. The molecular formula is C17H17N5O2. The molecule has 2 aromatic heterocycles. The summed E-state index contributed by atoms with van der Waals surface area (Å²) in [5.74, 6) is 1.04. The van der Waals surface area contributed by atoms with E-state index in [0.717, 1.165) is 24.0 Å². The third-order valence-electron chi connectivity index (χ3n) is 4.37. The predicted octanol–water partition coefficient (Wildman–Crippen LogP) is 2.20. The molecule has 0 spiro atoms. The Morgan fingerprint density at radius 3 is 2.96 bits per heavy atom. The molecule has 24 heavy (non-hydrogen) atoms. The van der Waals surface area contributed by atoms with Crippen LogP contribution in [0.2, 0.25) is 0 Å². The molecule has 4 rings (SSSR count). The first-order valence-electron chi connectivity index (χ1n) is 7.84. The molecule has 1 aromatic carbocycles. The Labute approximate surface area is 138 Å². The fourth-order valence-corrected chi connectivity index (χ4v) is 3.15. The van der Waals surface area contributed by atoms with E-state index < -0.39 is 0 Å². The minimum Gasteiger partial charge on any atom is -0.344 e. The van der Waals surface area contributed by atoms with Gasteiger partial charge in [0.25, 0.3) is 5.91 Å². The Bertz CT molecular complexity index is 911. The second kappa shape index (κ2) is 5.59. The second-order valence-electron chi connectivity index (χ2n) is 5.96. The van der Waals surface area contributed by atoms with Gasteiger partial charge in [0.15, 0.2) is 0 Å². The van der Waals surface area contributed by atoms with Crippen molar-refractivity contribution in [2.45, 2.75) is 25.8 Å². The van der Waals surface area contributed by atoms with Crippen molar-refractivity contribution in [3.05, 3.63) is 53.2 Å². The Kier molecular flexibility index (Phi) is 3.41. The maximum Gasteiger partial charge on any atom is 0.270 e. The fourth-order valence-electron chi connectivity index (χ4n) is 3.15. The van der Waals surface area contributed by atoms with Gasteiger partial charge in [-0.05, 0) is 36.1 Å². The summed E-state index contributed by atoms with van der Waals surface area (Å²) in [5.41, 5.74) is 3.85. The standard InChI is InChI=1S/C17H17N5O2/c1-10-19-16(21-24-10)12-3-5-13-11(9-12)4-6-14(13)20-17(23)15-7-8-18-22(15)2/h3,5,7-9,14H,4,6H2,1-2H3,(H,20,23)/t14-/m1/s1. The molecule has 7 heteroatoms. The van der Waals surface area contributed by atoms with Crippen molar-refractivity contribution >= 4 is 5.91 Å². The number of benzene rings is 1. The summed E-state index contributed by atoms with van der Waals surface area (Å²) in [6, 6.07) is 7.82. The average Bonchev–Trinajstić information content (AvgIpc) is 3.27. The molecule has 7 nitrogen and oxygen atoms in total. The zero-order valence-corrected chi connectivity index (χ0v) is 13.5. The van der Waals surface area contributed by atoms with Gasteiger partial charge in [0.05, 0.1) is 6.04 Å². The van der Waals surface area contributed by atoms with E-state index in [1.54, 1.807) is 30.9 Å². The van der Waals surface area contributed by atoms with Crippen LogP contribution in [0.4, 0.5) is 0 Å². The highest BCUT2D eigenvalue weighted by Crippen LogP contribution is 2.33. The average molecular weight is 323 g/mol. The van der Waals surface area contributed by atoms with Gasteiger partial charge < -0.3 is 9.84 Å². The van der Waals surface area contributed by atoms with Gasteiger partial charge in [-0.3, -0.25) is 9.48 Å². The molecular weight excluding hydrogens is 306 g/mol. The summed E-state index contributed by atoms with van der Waals surface area (Å²) in [7, 11) is 1.76. The summed E-state index contributed by atoms with van der Waals surface area (Å²) < 4.78 is 6.61. The van der Waals surface area contributed by atoms with Gasteiger partial charge >= 0.3 is 0 Å². The highest BCUT2D eigenvalue weighted by atomic mass is 16.5. The topological polar surface area (TPSA) is 85.8 Å². The van der Waals surface area contributed by atoms with E-state index in [2.05, 4.69) is 26.6 Å². The van der Waals surface area contributed by atoms with Crippen LogP contribution < -0.4 is 5.32 Å². The van der Waals surface area contributed by atoms with E-state index in [4.69, 9.17) is 4.52 Å². The molecule has 2 heterocycles. The monoisotopic (exact) mass is 323 g/mol. The molecule has 0 fully saturated rings. The number of nitrogens with one attached hydrogen (secondary N) is 1. The molecule has 0 saturated heterocycles. The largest absolute Gasteiger partial charge is 0.344 e.